The van der Waals surface area contributed by atoms with Crippen LogP contribution in [0.4, 0.5) is 0 Å². The van der Waals surface area contributed by atoms with Crippen LogP contribution in [0.15, 0.2) is 0 Å². The summed E-state index contributed by atoms with van der Waals surface area (Å²) in [7, 11) is 0. The first kappa shape index (κ1) is 24.7. The molecule has 6 fully saturated rings. The van der Waals surface area contributed by atoms with E-state index < -0.39 is 11.7 Å². The van der Waals surface area contributed by atoms with Gasteiger partial charge in [-0.2, -0.15) is 0 Å². The van der Waals surface area contributed by atoms with Gasteiger partial charge in [0.1, 0.15) is 12.2 Å². The maximum atomic E-state index is 12.2. The molecule has 2 spiro atoms. The first-order valence-corrected chi connectivity index (χ1v) is 14.4. The topological polar surface area (TPSA) is 76.0 Å². The number of carbonyl (C=O) groups is 1. The fourth-order valence-corrected chi connectivity index (χ4v) is 12.1. The molecular formula is C30H48O5. The Morgan fingerprint density at radius 1 is 0.971 bits per heavy atom. The highest BCUT2D eigenvalue weighted by atomic mass is 16.6. The fourth-order valence-electron chi connectivity index (χ4n) is 12.1. The molecule has 5 aliphatic carbocycles. The van der Waals surface area contributed by atoms with Crippen molar-refractivity contribution in [3.63, 3.8) is 0 Å². The third-order valence-corrected chi connectivity index (χ3v) is 13.6. The van der Waals surface area contributed by atoms with E-state index in [1.807, 2.05) is 0 Å². The number of hydrogen-bond donors (Lipinski definition) is 2. The summed E-state index contributed by atoms with van der Waals surface area (Å²) in [5.41, 5.74) is -0.0429. The molecule has 12 atom stereocenters. The van der Waals surface area contributed by atoms with E-state index in [4.69, 9.17) is 9.47 Å². The van der Waals surface area contributed by atoms with E-state index in [0.717, 1.165) is 32.1 Å². The van der Waals surface area contributed by atoms with Gasteiger partial charge in [-0.1, -0.05) is 34.6 Å². The quantitative estimate of drug-likeness (QED) is 0.528. The van der Waals surface area contributed by atoms with Crippen LogP contribution >= 0.6 is 0 Å². The minimum absolute atomic E-state index is 0.0210. The Morgan fingerprint density at radius 3 is 2.31 bits per heavy atom. The van der Waals surface area contributed by atoms with Crippen LogP contribution in [0.2, 0.25) is 0 Å². The van der Waals surface area contributed by atoms with Crippen LogP contribution in [0.1, 0.15) is 99.8 Å². The molecule has 0 aromatic carbocycles. The zero-order valence-corrected chi connectivity index (χ0v) is 23.0. The number of hydrogen-bond acceptors (Lipinski definition) is 5. The third kappa shape index (κ3) is 2.74. The Bertz CT molecular complexity index is 932. The maximum Gasteiger partial charge on any atom is 0.302 e. The minimum Gasteiger partial charge on any atom is -0.463 e. The average Bonchev–Trinajstić information content (AvgIpc) is 3.40. The zero-order chi connectivity index (χ0) is 25.4. The van der Waals surface area contributed by atoms with E-state index in [9.17, 15) is 15.0 Å². The van der Waals surface area contributed by atoms with Crippen LogP contribution in [-0.4, -0.2) is 46.7 Å². The van der Waals surface area contributed by atoms with Crippen molar-refractivity contribution in [1.82, 2.24) is 0 Å². The number of aliphatic hydroxyl groups is 2. The molecule has 2 N–H and O–H groups in total. The molecule has 5 saturated carbocycles. The molecule has 6 rings (SSSR count). The van der Waals surface area contributed by atoms with E-state index >= 15 is 0 Å². The van der Waals surface area contributed by atoms with Gasteiger partial charge in [0, 0.05) is 12.3 Å². The van der Waals surface area contributed by atoms with Crippen LogP contribution < -0.4 is 0 Å². The molecule has 0 aromatic heterocycles. The molecule has 0 amide bonds. The number of ether oxygens (including phenoxy) is 2. The predicted octanol–water partition coefficient (Wildman–Crippen LogP) is 5.11. The summed E-state index contributed by atoms with van der Waals surface area (Å²) in [4.78, 5) is 11.5. The van der Waals surface area contributed by atoms with Gasteiger partial charge in [-0.05, 0) is 104 Å². The molecule has 1 aliphatic heterocycles. The second kappa shape index (κ2) is 7.05. The van der Waals surface area contributed by atoms with E-state index in [1.165, 1.54) is 26.2 Å². The molecule has 1 heterocycles. The maximum absolute atomic E-state index is 12.2. The monoisotopic (exact) mass is 488 g/mol. The van der Waals surface area contributed by atoms with Crippen molar-refractivity contribution in [1.29, 1.82) is 0 Å². The summed E-state index contributed by atoms with van der Waals surface area (Å²) in [5, 5.41) is 23.1. The summed E-state index contributed by atoms with van der Waals surface area (Å²) in [6.07, 6.45) is 8.07. The molecule has 0 bridgehead atoms. The van der Waals surface area contributed by atoms with E-state index in [2.05, 4.69) is 41.5 Å². The molecule has 10 unspecified atom stereocenters. The lowest BCUT2D eigenvalue weighted by molar-refractivity contribution is -0.209. The van der Waals surface area contributed by atoms with Gasteiger partial charge in [-0.25, -0.2) is 0 Å². The number of esters is 1. The van der Waals surface area contributed by atoms with Gasteiger partial charge in [0.15, 0.2) is 0 Å². The fraction of sp³-hybridized carbons (Fsp3) is 0.967. The van der Waals surface area contributed by atoms with Crippen LogP contribution in [0.3, 0.4) is 0 Å². The second-order valence-corrected chi connectivity index (χ2v) is 15.2. The summed E-state index contributed by atoms with van der Waals surface area (Å²) in [6.45, 7) is 15.6. The highest BCUT2D eigenvalue weighted by Gasteiger charge is 2.84. The van der Waals surface area contributed by atoms with Gasteiger partial charge >= 0.3 is 5.97 Å². The second-order valence-electron chi connectivity index (χ2n) is 15.2. The van der Waals surface area contributed by atoms with Crippen LogP contribution in [0.25, 0.3) is 0 Å². The van der Waals surface area contributed by atoms with Crippen LogP contribution in [-0.2, 0) is 14.3 Å². The summed E-state index contributed by atoms with van der Waals surface area (Å²) >= 11 is 0. The van der Waals surface area contributed by atoms with E-state index in [-0.39, 0.29) is 41.0 Å². The van der Waals surface area contributed by atoms with E-state index in [1.54, 1.807) is 0 Å². The van der Waals surface area contributed by atoms with Crippen molar-refractivity contribution in [2.75, 3.05) is 6.61 Å². The highest BCUT2D eigenvalue weighted by molar-refractivity contribution is 5.65. The van der Waals surface area contributed by atoms with Gasteiger partial charge in [0.2, 0.25) is 0 Å². The standard InChI is InChI=1S/C30H48O5/c1-17-14-26(5,16-34-18(2)31)35-23-22(17)27(6)12-13-30-15-29(30)11-10-21(32)25(3,4)19(29)8-9-20(30)28(27,7)24(23)33/h17,19-24,32-33H,8-16H2,1-7H3/t17-,19?,20?,21?,22?,23?,24+,26?,27?,28?,29?,30?/m1/s1. The first-order chi connectivity index (χ1) is 16.2. The van der Waals surface area contributed by atoms with Gasteiger partial charge in [-0.15, -0.1) is 0 Å². The molecule has 5 heteroatoms. The van der Waals surface area contributed by atoms with E-state index in [0.29, 0.717) is 34.5 Å². The molecule has 0 radical (unpaired) electrons. The van der Waals surface area contributed by atoms with Gasteiger partial charge in [0.05, 0.1) is 18.3 Å². The summed E-state index contributed by atoms with van der Waals surface area (Å²) < 4.78 is 12.2. The van der Waals surface area contributed by atoms with Gasteiger partial charge < -0.3 is 19.7 Å². The van der Waals surface area contributed by atoms with Crippen molar-refractivity contribution in [2.45, 2.75) is 124 Å². The predicted molar refractivity (Wildman–Crippen MR) is 133 cm³/mol. The normalized spacial score (nSPS) is 59.9. The van der Waals surface area contributed by atoms with Crippen molar-refractivity contribution in [2.24, 2.45) is 50.7 Å². The third-order valence-electron chi connectivity index (χ3n) is 13.6. The molecule has 35 heavy (non-hydrogen) atoms. The Morgan fingerprint density at radius 2 is 1.63 bits per heavy atom. The summed E-state index contributed by atoms with van der Waals surface area (Å²) in [5.74, 6) is 1.54. The lowest BCUT2D eigenvalue weighted by Crippen LogP contribution is -2.59. The first-order valence-electron chi connectivity index (χ1n) is 14.4. The molecular weight excluding hydrogens is 440 g/mol. The van der Waals surface area contributed by atoms with Crippen molar-refractivity contribution in [3.05, 3.63) is 0 Å². The average molecular weight is 489 g/mol. The van der Waals surface area contributed by atoms with Crippen LogP contribution in [0, 0.1) is 50.7 Å². The summed E-state index contributed by atoms with van der Waals surface area (Å²) in [6, 6.07) is 0. The number of fused-ring (bicyclic) bond motifs is 4. The highest BCUT2D eigenvalue weighted by Crippen LogP contribution is 2.89. The molecule has 0 aromatic rings. The largest absolute Gasteiger partial charge is 0.463 e. The smallest absolute Gasteiger partial charge is 0.302 e. The van der Waals surface area contributed by atoms with Gasteiger partial charge in [-0.3, -0.25) is 4.79 Å². The Kier molecular flexibility index (Phi) is 4.97. The Balaban J connectivity index is 1.36. The van der Waals surface area contributed by atoms with Crippen molar-refractivity contribution >= 4 is 5.97 Å². The van der Waals surface area contributed by atoms with Crippen molar-refractivity contribution in [3.8, 4) is 0 Å². The Hall–Kier alpha value is -0.650. The Labute approximate surface area is 211 Å². The number of aliphatic hydroxyl groups excluding tert-OH is 2. The zero-order valence-electron chi connectivity index (χ0n) is 23.0. The SMILES string of the molecule is CC(=O)OCC1(C)C[C@@H](C)C2C(O1)[C@H](O)C1(C)C3CCC4C(C)(C)C(O)CCC45CC35CCC21C. The lowest BCUT2D eigenvalue weighted by atomic mass is 9.41. The lowest BCUT2D eigenvalue weighted by Gasteiger charge is -2.63. The molecule has 198 valence electrons. The minimum atomic E-state index is -0.548. The number of carbonyl (C=O) groups excluding carboxylic acids is 1. The molecule has 5 nitrogen and oxygen atoms in total. The molecule has 1 saturated heterocycles. The van der Waals surface area contributed by atoms with Gasteiger partial charge in [0.25, 0.3) is 0 Å². The van der Waals surface area contributed by atoms with Crippen molar-refractivity contribution < 1.29 is 24.5 Å². The molecule has 6 aliphatic rings. The van der Waals surface area contributed by atoms with Crippen LogP contribution in [0.5, 0.6) is 0 Å². The number of rotatable bonds is 2.